The van der Waals surface area contributed by atoms with Gasteiger partial charge in [0.05, 0.1) is 18.4 Å². The zero-order valence-electron chi connectivity index (χ0n) is 15.2. The van der Waals surface area contributed by atoms with E-state index in [0.29, 0.717) is 23.5 Å². The van der Waals surface area contributed by atoms with Gasteiger partial charge in [0, 0.05) is 23.1 Å². The first-order chi connectivity index (χ1) is 12.0. The summed E-state index contributed by atoms with van der Waals surface area (Å²) in [5.41, 5.74) is 1.11. The zero-order chi connectivity index (χ0) is 18.7. The fourth-order valence-corrected chi connectivity index (χ4v) is 2.89. The fourth-order valence-electron chi connectivity index (χ4n) is 2.28. The molecule has 0 bridgehead atoms. The van der Waals surface area contributed by atoms with Gasteiger partial charge in [-0.05, 0) is 61.0 Å². The predicted octanol–water partition coefficient (Wildman–Crippen LogP) is 3.16. The van der Waals surface area contributed by atoms with Crippen LogP contribution >= 0.6 is 22.6 Å². The van der Waals surface area contributed by atoms with Gasteiger partial charge in [0.2, 0.25) is 5.91 Å². The molecule has 2 amide bonds. The molecule has 0 spiro atoms. The molecule has 6 nitrogen and oxygen atoms in total. The Labute approximate surface area is 163 Å². The summed E-state index contributed by atoms with van der Waals surface area (Å²) in [4.78, 5) is 23.6. The Bertz CT molecular complexity index is 579. The molecule has 0 saturated carbocycles. The highest BCUT2D eigenvalue weighted by Gasteiger charge is 2.15. The van der Waals surface area contributed by atoms with Crippen LogP contribution in [0.1, 0.15) is 49.9 Å². The van der Waals surface area contributed by atoms with E-state index in [-0.39, 0.29) is 11.8 Å². The first-order valence-electron chi connectivity index (χ1n) is 8.63. The number of anilines is 1. The summed E-state index contributed by atoms with van der Waals surface area (Å²) in [6.07, 6.45) is 4.35. The Hall–Kier alpha value is -1.35. The number of rotatable bonds is 11. The number of hydrogen-bond donors (Lipinski definition) is 3. The molecule has 140 valence electrons. The van der Waals surface area contributed by atoms with Gasteiger partial charge in [-0.15, -0.1) is 0 Å². The first-order valence-corrected chi connectivity index (χ1v) is 9.71. The normalized spacial score (nSPS) is 10.4. The van der Waals surface area contributed by atoms with Crippen LogP contribution in [0.4, 0.5) is 5.69 Å². The van der Waals surface area contributed by atoms with Crippen molar-refractivity contribution in [1.29, 1.82) is 0 Å². The van der Waals surface area contributed by atoms with Crippen LogP contribution < -0.4 is 20.7 Å². The molecule has 0 aliphatic heterocycles. The van der Waals surface area contributed by atoms with Crippen molar-refractivity contribution in [3.05, 3.63) is 21.3 Å². The summed E-state index contributed by atoms with van der Waals surface area (Å²) in [7, 11) is 1.51. The van der Waals surface area contributed by atoms with Crippen molar-refractivity contribution in [3.63, 3.8) is 0 Å². The van der Waals surface area contributed by atoms with E-state index in [2.05, 4.69) is 45.5 Å². The van der Waals surface area contributed by atoms with E-state index in [1.165, 1.54) is 26.9 Å². The topological polar surface area (TPSA) is 79.5 Å². The van der Waals surface area contributed by atoms with E-state index in [4.69, 9.17) is 4.74 Å². The maximum absolute atomic E-state index is 12.4. The highest BCUT2D eigenvalue weighted by molar-refractivity contribution is 14.1. The number of ether oxygens (including phenoxy) is 1. The van der Waals surface area contributed by atoms with Crippen LogP contribution in [-0.2, 0) is 4.79 Å². The Morgan fingerprint density at radius 2 is 1.80 bits per heavy atom. The van der Waals surface area contributed by atoms with Gasteiger partial charge in [0.1, 0.15) is 5.75 Å². The van der Waals surface area contributed by atoms with E-state index >= 15 is 0 Å². The van der Waals surface area contributed by atoms with Gasteiger partial charge in [0.15, 0.2) is 0 Å². The van der Waals surface area contributed by atoms with Crippen molar-refractivity contribution in [3.8, 4) is 5.75 Å². The van der Waals surface area contributed by atoms with E-state index in [1.54, 1.807) is 12.1 Å². The first kappa shape index (κ1) is 21.7. The minimum Gasteiger partial charge on any atom is -0.496 e. The summed E-state index contributed by atoms with van der Waals surface area (Å²) >= 11 is 2.09. The second-order valence-corrected chi connectivity index (χ2v) is 6.94. The third-order valence-corrected chi connectivity index (χ3v) is 4.51. The SMILES string of the molecule is CCCCNCCCCNC(=O)c1cc([123I])c(NC(C)=O)cc1OC. The summed E-state index contributed by atoms with van der Waals surface area (Å²) in [6, 6.07) is 3.40. The number of nitrogens with one attached hydrogen (secondary N) is 3. The van der Waals surface area contributed by atoms with Crippen molar-refractivity contribution in [1.82, 2.24) is 10.6 Å². The number of halogens is 1. The molecule has 0 unspecified atom stereocenters. The van der Waals surface area contributed by atoms with Crippen molar-refractivity contribution < 1.29 is 14.3 Å². The molecular formula is C18H28IN3O3. The molecule has 0 aromatic heterocycles. The quantitative estimate of drug-likeness (QED) is 0.353. The molecule has 0 atom stereocenters. The molecule has 1 rings (SSSR count). The van der Waals surface area contributed by atoms with E-state index in [1.807, 2.05) is 0 Å². The Kier molecular flexibility index (Phi) is 10.5. The number of benzene rings is 1. The molecule has 25 heavy (non-hydrogen) atoms. The van der Waals surface area contributed by atoms with Gasteiger partial charge in [0.25, 0.3) is 5.91 Å². The smallest absolute Gasteiger partial charge is 0.255 e. The molecule has 3 N–H and O–H groups in total. The summed E-state index contributed by atoms with van der Waals surface area (Å²) < 4.78 is 6.09. The van der Waals surface area contributed by atoms with Crippen LogP contribution in [0.3, 0.4) is 0 Å². The van der Waals surface area contributed by atoms with Crippen LogP contribution in [0.25, 0.3) is 0 Å². The van der Waals surface area contributed by atoms with Crippen LogP contribution in [0.15, 0.2) is 12.1 Å². The third-order valence-electron chi connectivity index (χ3n) is 3.62. The van der Waals surface area contributed by atoms with E-state index < -0.39 is 0 Å². The van der Waals surface area contributed by atoms with Crippen LogP contribution in [0, 0.1) is 3.57 Å². The maximum atomic E-state index is 12.4. The minimum atomic E-state index is -0.164. The molecule has 1 aromatic carbocycles. The lowest BCUT2D eigenvalue weighted by Gasteiger charge is -2.13. The third kappa shape index (κ3) is 8.04. The molecule has 0 aliphatic carbocycles. The summed E-state index contributed by atoms with van der Waals surface area (Å²) in [5.74, 6) is 0.121. The molecule has 0 aliphatic rings. The molecule has 1 aromatic rings. The number of carbonyl (C=O) groups is 2. The van der Waals surface area contributed by atoms with Crippen LogP contribution in [-0.4, -0.2) is 38.6 Å². The van der Waals surface area contributed by atoms with Gasteiger partial charge in [-0.25, -0.2) is 0 Å². The molecule has 0 radical (unpaired) electrons. The lowest BCUT2D eigenvalue weighted by molar-refractivity contribution is -0.114. The molecule has 0 fully saturated rings. The zero-order valence-corrected chi connectivity index (χ0v) is 17.4. The molecule has 0 heterocycles. The predicted molar refractivity (Wildman–Crippen MR) is 109 cm³/mol. The summed E-state index contributed by atoms with van der Waals surface area (Å²) in [6.45, 7) is 6.28. The summed E-state index contributed by atoms with van der Waals surface area (Å²) in [5, 5.41) is 9.04. The number of unbranched alkanes of at least 4 members (excludes halogenated alkanes) is 2. The second kappa shape index (κ2) is 12.1. The van der Waals surface area contributed by atoms with Crippen LogP contribution in [0.5, 0.6) is 5.75 Å². The van der Waals surface area contributed by atoms with Crippen LogP contribution in [0.2, 0.25) is 0 Å². The number of hydrogen-bond acceptors (Lipinski definition) is 4. The molecular weight excluding hydrogens is 429 g/mol. The Morgan fingerprint density at radius 3 is 2.44 bits per heavy atom. The van der Waals surface area contributed by atoms with Gasteiger partial charge in [-0.1, -0.05) is 13.3 Å². The number of amides is 2. The van der Waals surface area contributed by atoms with Gasteiger partial charge < -0.3 is 20.7 Å². The number of carbonyl (C=O) groups excluding carboxylic acids is 2. The Balaban J connectivity index is 2.52. The standard InChI is InChI=1S/C18H28IN3O3/c1-4-5-8-20-9-6-7-10-21-18(24)14-11-15(19)16(22-13(2)23)12-17(14)25-3/h11-12,20H,4-10H2,1-3H3,(H,21,24)(H,22,23)/i19-4. The number of methoxy groups -OCH3 is 1. The lowest BCUT2D eigenvalue weighted by Crippen LogP contribution is -2.26. The highest BCUT2D eigenvalue weighted by atomic mass is 123. The Morgan fingerprint density at radius 1 is 1.12 bits per heavy atom. The van der Waals surface area contributed by atoms with E-state index in [0.717, 1.165) is 29.5 Å². The van der Waals surface area contributed by atoms with Gasteiger partial charge >= 0.3 is 0 Å². The van der Waals surface area contributed by atoms with Crippen molar-refractivity contribution in [2.24, 2.45) is 0 Å². The average Bonchev–Trinajstić information content (AvgIpc) is 2.58. The minimum absolute atomic E-state index is 0.162. The lowest BCUT2D eigenvalue weighted by atomic mass is 10.1. The fraction of sp³-hybridized carbons (Fsp3) is 0.556. The largest absolute Gasteiger partial charge is 0.496 e. The van der Waals surface area contributed by atoms with Gasteiger partial charge in [-0.3, -0.25) is 9.59 Å². The second-order valence-electron chi connectivity index (χ2n) is 5.78. The average molecular weight is 457 g/mol. The van der Waals surface area contributed by atoms with Crippen molar-refractivity contribution in [2.45, 2.75) is 39.5 Å². The maximum Gasteiger partial charge on any atom is 0.255 e. The van der Waals surface area contributed by atoms with Crippen molar-refractivity contribution in [2.75, 3.05) is 32.1 Å². The van der Waals surface area contributed by atoms with E-state index in [9.17, 15) is 9.59 Å². The monoisotopic (exact) mass is 457 g/mol. The van der Waals surface area contributed by atoms with Crippen molar-refractivity contribution >= 4 is 40.1 Å². The molecule has 7 heteroatoms. The molecule has 0 saturated heterocycles. The van der Waals surface area contributed by atoms with Gasteiger partial charge in [-0.2, -0.15) is 0 Å². The highest BCUT2D eigenvalue weighted by Crippen LogP contribution is 2.28.